The van der Waals surface area contributed by atoms with Crippen LogP contribution < -0.4 is 0 Å². The van der Waals surface area contributed by atoms with Gasteiger partial charge in [-0.3, -0.25) is 0 Å². The second-order valence-corrected chi connectivity index (χ2v) is 2.00. The first kappa shape index (κ1) is 29.4. The van der Waals surface area contributed by atoms with Crippen molar-refractivity contribution in [2.24, 2.45) is 0 Å². The minimum atomic E-state index is 0. The van der Waals surface area contributed by atoms with Gasteiger partial charge in [-0.25, -0.2) is 0 Å². The largest absolute Gasteiger partial charge is 0.378 e. The van der Waals surface area contributed by atoms with Crippen LogP contribution in [0.25, 0.3) is 0 Å². The second kappa shape index (κ2) is 22.5. The Balaban J connectivity index is -0.0000000408. The van der Waals surface area contributed by atoms with Crippen molar-refractivity contribution in [2.75, 3.05) is 6.61 Å². The summed E-state index contributed by atoms with van der Waals surface area (Å²) in [6, 6.07) is 0. The number of rotatable bonds is 4. The van der Waals surface area contributed by atoms with Gasteiger partial charge in [-0.15, -0.1) is 6.58 Å². The molecule has 1 nitrogen and oxygen atoms in total. The van der Waals surface area contributed by atoms with Crippen molar-refractivity contribution in [2.45, 2.75) is 48.7 Å². The zero-order chi connectivity index (χ0) is 6.41. The van der Waals surface area contributed by atoms with Crippen LogP contribution in [0.1, 0.15) is 42.5 Å². The number of hydrogen-bond donors (Lipinski definition) is 0. The molecule has 0 N–H and O–H groups in total. The minimum absolute atomic E-state index is 0. The molecular formula is C10H26OSn. The van der Waals surface area contributed by atoms with Crippen LogP contribution in [0.5, 0.6) is 0 Å². The Kier molecular flexibility index (Phi) is 55.2. The molecule has 0 unspecified atom stereocenters. The standard InChI is InChI=1S/C7H14O.3CH4.Sn/c1-4-5-6-8-7(2)3;;;;/h4,7H,1,5-6H2,2-3H3;3*1H4;. The molecule has 0 atom stereocenters. The number of hydrogen-bond acceptors (Lipinski definition) is 1. The Morgan fingerprint density at radius 2 is 1.67 bits per heavy atom. The summed E-state index contributed by atoms with van der Waals surface area (Å²) in [4.78, 5) is 0. The molecule has 2 heteroatoms. The van der Waals surface area contributed by atoms with Crippen LogP contribution in [0.2, 0.25) is 0 Å². The Morgan fingerprint density at radius 3 is 1.92 bits per heavy atom. The average molecular weight is 281 g/mol. The first-order valence-corrected chi connectivity index (χ1v) is 3.00. The van der Waals surface area contributed by atoms with Crippen LogP contribution in [0.4, 0.5) is 0 Å². The fourth-order valence-corrected chi connectivity index (χ4v) is 0.387. The SMILES string of the molecule is C.C.C.C=CCCOC(C)C.[Sn]. The van der Waals surface area contributed by atoms with Gasteiger partial charge < -0.3 is 4.74 Å². The molecule has 0 aromatic carbocycles. The van der Waals surface area contributed by atoms with Gasteiger partial charge in [0.2, 0.25) is 0 Å². The molecule has 0 aliphatic heterocycles. The van der Waals surface area contributed by atoms with Crippen molar-refractivity contribution >= 4 is 23.9 Å². The van der Waals surface area contributed by atoms with Crippen molar-refractivity contribution in [3.8, 4) is 0 Å². The molecule has 0 spiro atoms. The Labute approximate surface area is 96.5 Å². The van der Waals surface area contributed by atoms with Crippen LogP contribution in [0.3, 0.4) is 0 Å². The zero-order valence-corrected chi connectivity index (χ0v) is 9.04. The maximum Gasteiger partial charge on any atom is 0.0519 e. The van der Waals surface area contributed by atoms with Gasteiger partial charge in [0.25, 0.3) is 0 Å². The van der Waals surface area contributed by atoms with Gasteiger partial charge in [-0.1, -0.05) is 28.4 Å². The van der Waals surface area contributed by atoms with E-state index < -0.39 is 0 Å². The molecule has 0 heterocycles. The summed E-state index contributed by atoms with van der Waals surface area (Å²) < 4.78 is 5.21. The maximum atomic E-state index is 5.21. The molecule has 0 saturated heterocycles. The van der Waals surface area contributed by atoms with E-state index in [9.17, 15) is 0 Å². The van der Waals surface area contributed by atoms with E-state index in [1.807, 2.05) is 19.9 Å². The minimum Gasteiger partial charge on any atom is -0.378 e. The fourth-order valence-electron chi connectivity index (χ4n) is 0.387. The Hall–Kier alpha value is 0.499. The summed E-state index contributed by atoms with van der Waals surface area (Å²) in [6.07, 6.45) is 3.18. The van der Waals surface area contributed by atoms with Gasteiger partial charge >= 0.3 is 0 Å². The molecule has 0 saturated carbocycles. The van der Waals surface area contributed by atoms with Gasteiger partial charge in [0.15, 0.2) is 0 Å². The molecule has 0 fully saturated rings. The van der Waals surface area contributed by atoms with E-state index >= 15 is 0 Å². The van der Waals surface area contributed by atoms with Crippen molar-refractivity contribution in [3.63, 3.8) is 0 Å². The quantitative estimate of drug-likeness (QED) is 0.435. The van der Waals surface area contributed by atoms with E-state index in [4.69, 9.17) is 4.74 Å². The monoisotopic (exact) mass is 282 g/mol. The topological polar surface area (TPSA) is 9.23 Å². The normalized spacial score (nSPS) is 6.58. The third kappa shape index (κ3) is 31.3. The third-order valence-electron chi connectivity index (χ3n) is 0.773. The molecule has 0 aliphatic carbocycles. The molecular weight excluding hydrogens is 255 g/mol. The number of ether oxygens (including phenoxy) is 1. The van der Waals surface area contributed by atoms with E-state index in [-0.39, 0.29) is 46.2 Å². The van der Waals surface area contributed by atoms with Crippen molar-refractivity contribution in [1.29, 1.82) is 0 Å². The van der Waals surface area contributed by atoms with E-state index in [0.29, 0.717) is 6.10 Å². The van der Waals surface area contributed by atoms with E-state index in [1.165, 1.54) is 0 Å². The van der Waals surface area contributed by atoms with E-state index in [0.717, 1.165) is 13.0 Å². The molecule has 4 radical (unpaired) electrons. The molecule has 0 bridgehead atoms. The van der Waals surface area contributed by atoms with Crippen LogP contribution in [-0.4, -0.2) is 36.6 Å². The zero-order valence-electron chi connectivity index (χ0n) is 6.18. The summed E-state index contributed by atoms with van der Waals surface area (Å²) in [5.74, 6) is 0. The summed E-state index contributed by atoms with van der Waals surface area (Å²) in [7, 11) is 0. The first-order chi connectivity index (χ1) is 3.77. The van der Waals surface area contributed by atoms with Gasteiger partial charge in [0, 0.05) is 23.9 Å². The van der Waals surface area contributed by atoms with Gasteiger partial charge in [0.05, 0.1) is 12.7 Å². The summed E-state index contributed by atoms with van der Waals surface area (Å²) >= 11 is 0. The molecule has 76 valence electrons. The van der Waals surface area contributed by atoms with Gasteiger partial charge in [-0.05, 0) is 20.3 Å². The van der Waals surface area contributed by atoms with E-state index in [2.05, 4.69) is 6.58 Å². The summed E-state index contributed by atoms with van der Waals surface area (Å²) in [5, 5.41) is 0. The molecule has 12 heavy (non-hydrogen) atoms. The van der Waals surface area contributed by atoms with Crippen LogP contribution >= 0.6 is 0 Å². The van der Waals surface area contributed by atoms with Gasteiger partial charge in [-0.2, -0.15) is 0 Å². The smallest absolute Gasteiger partial charge is 0.0519 e. The Morgan fingerprint density at radius 1 is 1.25 bits per heavy atom. The predicted octanol–water partition coefficient (Wildman–Crippen LogP) is 3.52. The molecule has 0 aliphatic rings. The van der Waals surface area contributed by atoms with E-state index in [1.54, 1.807) is 0 Å². The van der Waals surface area contributed by atoms with Gasteiger partial charge in [0.1, 0.15) is 0 Å². The molecule has 0 rings (SSSR count). The average Bonchev–Trinajstić information content (AvgIpc) is 1.66. The van der Waals surface area contributed by atoms with Crippen LogP contribution in [-0.2, 0) is 4.74 Å². The molecule has 0 amide bonds. The molecule has 0 aromatic heterocycles. The second-order valence-electron chi connectivity index (χ2n) is 2.00. The maximum absolute atomic E-state index is 5.21. The van der Waals surface area contributed by atoms with Crippen molar-refractivity contribution in [3.05, 3.63) is 12.7 Å². The predicted molar refractivity (Wildman–Crippen MR) is 61.8 cm³/mol. The van der Waals surface area contributed by atoms with Crippen molar-refractivity contribution in [1.82, 2.24) is 0 Å². The summed E-state index contributed by atoms with van der Waals surface area (Å²) in [6.45, 7) is 8.45. The Bertz CT molecular complexity index is 62.9. The van der Waals surface area contributed by atoms with Crippen molar-refractivity contribution < 1.29 is 4.74 Å². The third-order valence-corrected chi connectivity index (χ3v) is 0.773. The molecule has 0 aromatic rings. The summed E-state index contributed by atoms with van der Waals surface area (Å²) in [5.41, 5.74) is 0. The van der Waals surface area contributed by atoms with Crippen LogP contribution in [0, 0.1) is 0 Å². The van der Waals surface area contributed by atoms with Crippen LogP contribution in [0.15, 0.2) is 12.7 Å². The fraction of sp³-hybridized carbons (Fsp3) is 0.800. The first-order valence-electron chi connectivity index (χ1n) is 3.00.